The van der Waals surface area contributed by atoms with Gasteiger partial charge in [-0.05, 0) is 47.5 Å². The predicted octanol–water partition coefficient (Wildman–Crippen LogP) is 1.48. The molecule has 1 aliphatic heterocycles. The fourth-order valence-electron chi connectivity index (χ4n) is 2.42. The lowest BCUT2D eigenvalue weighted by atomic mass is 9.98. The Morgan fingerprint density at radius 2 is 2.33 bits per heavy atom. The average Bonchev–Trinajstić information content (AvgIpc) is 3.13. The second-order valence-electron chi connectivity index (χ2n) is 5.27. The van der Waals surface area contributed by atoms with Gasteiger partial charge in [0.15, 0.2) is 11.4 Å². The Kier molecular flexibility index (Phi) is 3.12. The summed E-state index contributed by atoms with van der Waals surface area (Å²) < 4.78 is 6.86. The van der Waals surface area contributed by atoms with Crippen molar-refractivity contribution in [1.29, 1.82) is 0 Å². The number of hydrogen-bond acceptors (Lipinski definition) is 5. The van der Waals surface area contributed by atoms with E-state index in [0.717, 1.165) is 23.3 Å². The monoisotopic (exact) mass is 288 g/mol. The lowest BCUT2D eigenvalue weighted by Crippen LogP contribution is -2.39. The highest BCUT2D eigenvalue weighted by atomic mass is 16.5. The van der Waals surface area contributed by atoms with E-state index in [1.165, 1.54) is 4.68 Å². The molecule has 0 radical (unpaired) electrons. The summed E-state index contributed by atoms with van der Waals surface area (Å²) in [6.45, 7) is 4.09. The smallest absolute Gasteiger partial charge is 0.331 e. The Morgan fingerprint density at radius 1 is 1.52 bits per heavy atom. The van der Waals surface area contributed by atoms with E-state index in [2.05, 4.69) is 15.5 Å². The lowest BCUT2D eigenvalue weighted by Gasteiger charge is -2.24. The van der Waals surface area contributed by atoms with Crippen molar-refractivity contribution < 1.29 is 14.6 Å². The zero-order valence-corrected chi connectivity index (χ0v) is 11.9. The van der Waals surface area contributed by atoms with E-state index in [0.29, 0.717) is 18.9 Å². The summed E-state index contributed by atoms with van der Waals surface area (Å²) in [5, 5.41) is 21.1. The molecule has 0 amide bonds. The summed E-state index contributed by atoms with van der Waals surface area (Å²) in [7, 11) is 0. The molecule has 7 nitrogen and oxygen atoms in total. The van der Waals surface area contributed by atoms with E-state index in [9.17, 15) is 9.90 Å². The molecule has 7 heteroatoms. The first-order valence-electron chi connectivity index (χ1n) is 6.84. The zero-order chi connectivity index (χ0) is 15.0. The molecule has 1 aromatic carbocycles. The minimum absolute atomic E-state index is 0.383. The molecule has 2 aromatic rings. The van der Waals surface area contributed by atoms with Crippen LogP contribution in [0.5, 0.6) is 5.75 Å². The maximum absolute atomic E-state index is 11.6. The largest absolute Gasteiger partial charge is 0.493 e. The van der Waals surface area contributed by atoms with Gasteiger partial charge in [0.25, 0.3) is 0 Å². The van der Waals surface area contributed by atoms with Crippen molar-refractivity contribution in [1.82, 2.24) is 20.2 Å². The molecule has 2 heterocycles. The van der Waals surface area contributed by atoms with Gasteiger partial charge in [-0.1, -0.05) is 6.92 Å². The van der Waals surface area contributed by atoms with E-state index in [1.54, 1.807) is 13.8 Å². The molecule has 0 saturated heterocycles. The maximum Gasteiger partial charge on any atom is 0.331 e. The van der Waals surface area contributed by atoms with Gasteiger partial charge in [-0.15, -0.1) is 5.10 Å². The summed E-state index contributed by atoms with van der Waals surface area (Å²) in [6, 6.07) is 5.69. The summed E-state index contributed by atoms with van der Waals surface area (Å²) in [4.78, 5) is 11.6. The Hall–Kier alpha value is -2.44. The van der Waals surface area contributed by atoms with Crippen LogP contribution in [0.3, 0.4) is 0 Å². The minimum Gasteiger partial charge on any atom is -0.493 e. The molecule has 0 bridgehead atoms. The lowest BCUT2D eigenvalue weighted by molar-refractivity contribution is -0.147. The third-order valence-corrected chi connectivity index (χ3v) is 4.03. The molecule has 0 aliphatic carbocycles. The number of tetrazole rings is 1. The molecule has 1 aromatic heterocycles. The highest BCUT2D eigenvalue weighted by Gasteiger charge is 2.37. The van der Waals surface area contributed by atoms with Crippen LogP contribution in [0.2, 0.25) is 0 Å². The SMILES string of the molecule is CCC(C)(C(=O)O)n1nnnc1-c1ccc2c(c1)CCO2. The Balaban J connectivity index is 2.09. The first kappa shape index (κ1) is 13.5. The molecule has 0 fully saturated rings. The molecule has 3 rings (SSSR count). The number of benzene rings is 1. The van der Waals surface area contributed by atoms with Crippen molar-refractivity contribution in [3.8, 4) is 17.1 Å². The van der Waals surface area contributed by atoms with Gasteiger partial charge < -0.3 is 9.84 Å². The van der Waals surface area contributed by atoms with Crippen molar-refractivity contribution in [2.24, 2.45) is 0 Å². The van der Waals surface area contributed by atoms with Crippen molar-refractivity contribution >= 4 is 5.97 Å². The highest BCUT2D eigenvalue weighted by molar-refractivity contribution is 5.77. The topological polar surface area (TPSA) is 90.1 Å². The van der Waals surface area contributed by atoms with Gasteiger partial charge in [-0.3, -0.25) is 0 Å². The normalized spacial score (nSPS) is 16.1. The fraction of sp³-hybridized carbons (Fsp3) is 0.429. The number of carboxylic acid groups (broad SMARTS) is 1. The van der Waals surface area contributed by atoms with Crippen LogP contribution < -0.4 is 4.74 Å². The standard InChI is InChI=1S/C14H16N4O3/c1-3-14(2,13(19)20)18-12(15-16-17-18)10-4-5-11-9(8-10)6-7-21-11/h4-5,8H,3,6-7H2,1-2H3,(H,19,20). The van der Waals surface area contributed by atoms with Gasteiger partial charge in [-0.2, -0.15) is 0 Å². The minimum atomic E-state index is -1.17. The van der Waals surface area contributed by atoms with Crippen molar-refractivity contribution in [3.05, 3.63) is 23.8 Å². The number of carboxylic acids is 1. The van der Waals surface area contributed by atoms with Gasteiger partial charge in [-0.25, -0.2) is 9.48 Å². The van der Waals surface area contributed by atoms with E-state index >= 15 is 0 Å². The molecule has 0 spiro atoms. The summed E-state index contributed by atoms with van der Waals surface area (Å²) in [5.74, 6) is 0.369. The van der Waals surface area contributed by atoms with E-state index < -0.39 is 11.5 Å². The van der Waals surface area contributed by atoms with Crippen molar-refractivity contribution in [2.45, 2.75) is 32.2 Å². The average molecular weight is 288 g/mol. The molecule has 21 heavy (non-hydrogen) atoms. The number of ether oxygens (including phenoxy) is 1. The van der Waals surface area contributed by atoms with Crippen LogP contribution in [0.1, 0.15) is 25.8 Å². The van der Waals surface area contributed by atoms with Crippen LogP contribution in [0.15, 0.2) is 18.2 Å². The Bertz CT molecular complexity index is 697. The van der Waals surface area contributed by atoms with E-state index in [-0.39, 0.29) is 0 Å². The molecule has 110 valence electrons. The first-order chi connectivity index (χ1) is 10.1. The predicted molar refractivity (Wildman–Crippen MR) is 74.0 cm³/mol. The summed E-state index contributed by atoms with van der Waals surface area (Å²) >= 11 is 0. The number of aliphatic carboxylic acids is 1. The highest BCUT2D eigenvalue weighted by Crippen LogP contribution is 2.31. The third-order valence-electron chi connectivity index (χ3n) is 4.03. The quantitative estimate of drug-likeness (QED) is 0.916. The van der Waals surface area contributed by atoms with Crippen LogP contribution >= 0.6 is 0 Å². The summed E-state index contributed by atoms with van der Waals surface area (Å²) in [5.41, 5.74) is 0.717. The maximum atomic E-state index is 11.6. The van der Waals surface area contributed by atoms with Crippen LogP contribution in [-0.4, -0.2) is 37.9 Å². The van der Waals surface area contributed by atoms with Gasteiger partial charge in [0.1, 0.15) is 5.75 Å². The zero-order valence-electron chi connectivity index (χ0n) is 11.9. The number of nitrogens with zero attached hydrogens (tertiary/aromatic N) is 4. The number of hydrogen-bond donors (Lipinski definition) is 1. The molecule has 1 aliphatic rings. The van der Waals surface area contributed by atoms with E-state index in [4.69, 9.17) is 4.74 Å². The van der Waals surface area contributed by atoms with Gasteiger partial charge in [0.2, 0.25) is 0 Å². The Labute approximate surface area is 121 Å². The third kappa shape index (κ3) is 2.05. The first-order valence-corrected chi connectivity index (χ1v) is 6.84. The molecule has 1 atom stereocenters. The number of fused-ring (bicyclic) bond motifs is 1. The van der Waals surface area contributed by atoms with Crippen molar-refractivity contribution in [2.75, 3.05) is 6.61 Å². The number of carbonyl (C=O) groups is 1. The van der Waals surface area contributed by atoms with Crippen LogP contribution in [0.25, 0.3) is 11.4 Å². The molecule has 1 N–H and O–H groups in total. The number of rotatable bonds is 4. The number of aromatic nitrogens is 4. The Morgan fingerprint density at radius 3 is 3.05 bits per heavy atom. The second kappa shape index (κ2) is 4.83. The van der Waals surface area contributed by atoms with Crippen LogP contribution in [0.4, 0.5) is 0 Å². The second-order valence-corrected chi connectivity index (χ2v) is 5.27. The van der Waals surface area contributed by atoms with E-state index in [1.807, 2.05) is 18.2 Å². The van der Waals surface area contributed by atoms with Crippen LogP contribution in [0, 0.1) is 0 Å². The van der Waals surface area contributed by atoms with Crippen molar-refractivity contribution in [3.63, 3.8) is 0 Å². The fourth-order valence-corrected chi connectivity index (χ4v) is 2.42. The van der Waals surface area contributed by atoms with Gasteiger partial charge in [0.05, 0.1) is 6.61 Å². The van der Waals surface area contributed by atoms with Gasteiger partial charge in [0, 0.05) is 12.0 Å². The molecule has 1 unspecified atom stereocenters. The molecular weight excluding hydrogens is 272 g/mol. The summed E-state index contributed by atoms with van der Waals surface area (Å²) in [6.07, 6.45) is 1.23. The van der Waals surface area contributed by atoms with Gasteiger partial charge >= 0.3 is 5.97 Å². The molecule has 0 saturated carbocycles. The van der Waals surface area contributed by atoms with Crippen LogP contribution in [-0.2, 0) is 16.8 Å². The molecular formula is C14H16N4O3.